The van der Waals surface area contributed by atoms with E-state index in [0.29, 0.717) is 18.3 Å². The first-order chi connectivity index (χ1) is 10.4. The van der Waals surface area contributed by atoms with Crippen molar-refractivity contribution in [3.63, 3.8) is 0 Å². The van der Waals surface area contributed by atoms with Gasteiger partial charge in [0.25, 0.3) is 0 Å². The number of unbranched alkanes of at least 4 members (excludes halogenated alkanes) is 1. The largest absolute Gasteiger partial charge is 0.481 e. The van der Waals surface area contributed by atoms with E-state index in [4.69, 9.17) is 0 Å². The number of carbonyl (C=O) groups excluding carboxylic acids is 1. The Hall–Kier alpha value is -1.32. The van der Waals surface area contributed by atoms with E-state index >= 15 is 0 Å². The zero-order chi connectivity index (χ0) is 16.3. The Balaban J connectivity index is 1.80. The maximum absolute atomic E-state index is 11.7. The Kier molecular flexibility index (Phi) is 5.30. The molecule has 0 saturated heterocycles. The number of allylic oxidation sites excluding steroid dienone is 2. The zero-order valence-electron chi connectivity index (χ0n) is 13.9. The summed E-state index contributed by atoms with van der Waals surface area (Å²) in [7, 11) is 1.40. The minimum absolute atomic E-state index is 0.172. The van der Waals surface area contributed by atoms with Gasteiger partial charge >= 0.3 is 11.9 Å². The highest BCUT2D eigenvalue weighted by Crippen LogP contribution is 2.63. The van der Waals surface area contributed by atoms with Crippen molar-refractivity contribution in [2.45, 2.75) is 52.4 Å². The molecule has 3 saturated carbocycles. The van der Waals surface area contributed by atoms with Gasteiger partial charge in [-0.25, -0.2) is 0 Å². The Labute approximate surface area is 132 Å². The van der Waals surface area contributed by atoms with E-state index in [1.807, 2.05) is 0 Å². The molecule has 0 aromatic rings. The normalized spacial score (nSPS) is 32.5. The third-order valence-corrected chi connectivity index (χ3v) is 5.94. The van der Waals surface area contributed by atoms with Crippen molar-refractivity contribution >= 4 is 11.9 Å². The van der Waals surface area contributed by atoms with Gasteiger partial charge in [-0.05, 0) is 55.3 Å². The maximum atomic E-state index is 11.7. The second-order valence-electron chi connectivity index (χ2n) is 7.40. The predicted molar refractivity (Wildman–Crippen MR) is 84.2 cm³/mol. The molecule has 0 spiro atoms. The van der Waals surface area contributed by atoms with E-state index in [9.17, 15) is 14.7 Å². The maximum Gasteiger partial charge on any atom is 0.307 e. The molecule has 0 radical (unpaired) electrons. The second-order valence-corrected chi connectivity index (χ2v) is 7.40. The van der Waals surface area contributed by atoms with Crippen LogP contribution in [0, 0.1) is 29.1 Å². The lowest BCUT2D eigenvalue weighted by Gasteiger charge is -2.61. The average Bonchev–Trinajstić information content (AvgIpc) is 2.49. The topological polar surface area (TPSA) is 63.6 Å². The van der Waals surface area contributed by atoms with Crippen molar-refractivity contribution in [1.29, 1.82) is 0 Å². The van der Waals surface area contributed by atoms with Gasteiger partial charge in [-0.2, -0.15) is 0 Å². The third-order valence-electron chi connectivity index (χ3n) is 5.94. The fraction of sp³-hybridized carbons (Fsp3) is 0.778. The number of esters is 1. The highest BCUT2D eigenvalue weighted by Gasteiger charge is 2.59. The van der Waals surface area contributed by atoms with Crippen molar-refractivity contribution in [3.05, 3.63) is 12.2 Å². The van der Waals surface area contributed by atoms with Crippen LogP contribution in [0.1, 0.15) is 52.4 Å². The molecule has 3 aliphatic rings. The summed E-state index contributed by atoms with van der Waals surface area (Å²) in [4.78, 5) is 22.7. The van der Waals surface area contributed by atoms with Crippen LogP contribution in [0.5, 0.6) is 0 Å². The smallest absolute Gasteiger partial charge is 0.307 e. The van der Waals surface area contributed by atoms with Crippen LogP contribution in [0.4, 0.5) is 0 Å². The number of carboxylic acids is 1. The van der Waals surface area contributed by atoms with E-state index in [1.54, 1.807) is 0 Å². The minimum atomic E-state index is -0.625. The summed E-state index contributed by atoms with van der Waals surface area (Å²) in [5, 5.41) is 9.59. The van der Waals surface area contributed by atoms with E-state index in [1.165, 1.54) is 7.11 Å². The highest BCUT2D eigenvalue weighted by molar-refractivity contribution is 5.71. The van der Waals surface area contributed by atoms with Gasteiger partial charge < -0.3 is 9.84 Å². The number of hydrogen-bond donors (Lipinski definition) is 1. The molecule has 3 fully saturated rings. The molecule has 4 atom stereocenters. The van der Waals surface area contributed by atoms with E-state index in [0.717, 1.165) is 32.1 Å². The van der Waals surface area contributed by atoms with Crippen molar-refractivity contribution in [2.24, 2.45) is 29.1 Å². The van der Waals surface area contributed by atoms with Crippen molar-refractivity contribution < 1.29 is 19.4 Å². The van der Waals surface area contributed by atoms with Crippen LogP contribution in [-0.4, -0.2) is 24.2 Å². The lowest BCUT2D eigenvalue weighted by Crippen LogP contribution is -2.57. The molecule has 1 N–H and O–H groups in total. The first-order valence-electron chi connectivity index (χ1n) is 8.32. The van der Waals surface area contributed by atoms with Gasteiger partial charge in [0.15, 0.2) is 0 Å². The number of hydrogen-bond acceptors (Lipinski definition) is 3. The molecule has 4 heteroatoms. The van der Waals surface area contributed by atoms with Crippen molar-refractivity contribution in [1.82, 2.24) is 0 Å². The molecule has 0 heterocycles. The lowest BCUT2D eigenvalue weighted by atomic mass is 9.43. The average molecular weight is 308 g/mol. The molecule has 124 valence electrons. The summed E-state index contributed by atoms with van der Waals surface area (Å²) in [5.41, 5.74) is 0.198. The number of fused-ring (bicyclic) bond motifs is 2. The van der Waals surface area contributed by atoms with Crippen molar-refractivity contribution in [2.75, 3.05) is 7.11 Å². The summed E-state index contributed by atoms with van der Waals surface area (Å²) < 4.78 is 4.60. The van der Waals surface area contributed by atoms with Crippen LogP contribution in [0.2, 0.25) is 0 Å². The fourth-order valence-corrected chi connectivity index (χ4v) is 4.38. The second kappa shape index (κ2) is 6.84. The molecular formula is C18H28O4. The van der Waals surface area contributed by atoms with E-state index in [2.05, 4.69) is 30.7 Å². The summed E-state index contributed by atoms with van der Waals surface area (Å²) in [5.74, 6) is 0.299. The van der Waals surface area contributed by atoms with E-state index < -0.39 is 5.97 Å². The molecule has 4 nitrogen and oxygen atoms in total. The Morgan fingerprint density at radius 1 is 1.27 bits per heavy atom. The van der Waals surface area contributed by atoms with Crippen LogP contribution >= 0.6 is 0 Å². The lowest BCUT2D eigenvalue weighted by molar-refractivity contribution is -0.175. The Bertz CT molecular complexity index is 452. The van der Waals surface area contributed by atoms with E-state index in [-0.39, 0.29) is 23.2 Å². The Morgan fingerprint density at radius 2 is 2.00 bits per heavy atom. The minimum Gasteiger partial charge on any atom is -0.481 e. The highest BCUT2D eigenvalue weighted by atomic mass is 16.5. The van der Waals surface area contributed by atoms with Gasteiger partial charge in [0.2, 0.25) is 0 Å². The van der Waals surface area contributed by atoms with Crippen molar-refractivity contribution in [3.8, 4) is 0 Å². The molecule has 0 aromatic carbocycles. The van der Waals surface area contributed by atoms with Crippen LogP contribution in [0.15, 0.2) is 12.2 Å². The summed E-state index contributed by atoms with van der Waals surface area (Å²) in [6.45, 7) is 4.45. The number of carboxylic acid groups (broad SMARTS) is 1. The molecule has 0 amide bonds. The molecule has 2 bridgehead atoms. The molecule has 0 unspecified atom stereocenters. The Morgan fingerprint density at radius 3 is 2.59 bits per heavy atom. The fourth-order valence-electron chi connectivity index (χ4n) is 4.38. The molecule has 22 heavy (non-hydrogen) atoms. The van der Waals surface area contributed by atoms with Crippen LogP contribution < -0.4 is 0 Å². The molecule has 3 aliphatic carbocycles. The van der Waals surface area contributed by atoms with Crippen LogP contribution in [0.25, 0.3) is 0 Å². The number of carbonyl (C=O) groups is 2. The predicted octanol–water partition coefficient (Wildman–Crippen LogP) is 3.66. The summed E-state index contributed by atoms with van der Waals surface area (Å²) >= 11 is 0. The quantitative estimate of drug-likeness (QED) is 0.443. The molecule has 0 aromatic heterocycles. The summed E-state index contributed by atoms with van der Waals surface area (Å²) in [6, 6.07) is 0. The van der Waals surface area contributed by atoms with Gasteiger partial charge in [0.05, 0.1) is 13.0 Å². The van der Waals surface area contributed by atoms with Gasteiger partial charge in [0, 0.05) is 6.42 Å². The molecule has 0 aliphatic heterocycles. The van der Waals surface area contributed by atoms with Gasteiger partial charge in [0.1, 0.15) is 0 Å². The molecule has 3 rings (SSSR count). The first-order valence-corrected chi connectivity index (χ1v) is 8.32. The van der Waals surface area contributed by atoms with Gasteiger partial charge in [-0.1, -0.05) is 26.0 Å². The monoisotopic (exact) mass is 308 g/mol. The number of aliphatic carboxylic acids is 1. The van der Waals surface area contributed by atoms with Gasteiger partial charge in [-0.15, -0.1) is 0 Å². The van der Waals surface area contributed by atoms with Crippen LogP contribution in [0.3, 0.4) is 0 Å². The zero-order valence-corrected chi connectivity index (χ0v) is 13.9. The third kappa shape index (κ3) is 3.36. The standard InChI is InChI=1S/C18H28O4/c1-18(2)13-10-12(16(17(20)21)14(18)11-13)8-6-4-5-7-9-15(19)22-3/h4,6,12-14,16H,5,7-11H2,1-3H3,(H,20,21)/t12-,13-,14+,16+/m0/s1. The SMILES string of the molecule is COC(=O)CCCC=CC[C@H]1C[C@H]2C[C@H]([C@@H]1C(=O)O)C2(C)C. The number of methoxy groups -OCH3 is 1. The summed E-state index contributed by atoms with van der Waals surface area (Å²) in [6.07, 6.45) is 9.23. The first kappa shape index (κ1) is 17.0. The van der Waals surface area contributed by atoms with Crippen LogP contribution in [-0.2, 0) is 14.3 Å². The van der Waals surface area contributed by atoms with Gasteiger partial charge in [-0.3, -0.25) is 9.59 Å². The molecular weight excluding hydrogens is 280 g/mol. The number of rotatable bonds is 7. The number of ether oxygens (including phenoxy) is 1.